The fourth-order valence-corrected chi connectivity index (χ4v) is 5.99. The van der Waals surface area contributed by atoms with Gasteiger partial charge in [-0.3, -0.25) is 4.79 Å². The summed E-state index contributed by atoms with van der Waals surface area (Å²) in [6.07, 6.45) is 1.04. The van der Waals surface area contributed by atoms with Crippen molar-refractivity contribution in [2.75, 3.05) is 6.54 Å². The van der Waals surface area contributed by atoms with E-state index in [2.05, 4.69) is 11.4 Å². The third-order valence-corrected chi connectivity index (χ3v) is 8.09. The van der Waals surface area contributed by atoms with Gasteiger partial charge < -0.3 is 14.5 Å². The first-order chi connectivity index (χ1) is 17.9. The first kappa shape index (κ1) is 24.6. The van der Waals surface area contributed by atoms with Crippen molar-refractivity contribution in [2.24, 2.45) is 0 Å². The van der Waals surface area contributed by atoms with Gasteiger partial charge in [0.1, 0.15) is 24.0 Å². The van der Waals surface area contributed by atoms with Gasteiger partial charge in [-0.25, -0.2) is 8.42 Å². The number of carbonyl (C=O) groups is 1. The van der Waals surface area contributed by atoms with Gasteiger partial charge in [-0.2, -0.15) is 9.57 Å². The van der Waals surface area contributed by atoms with Gasteiger partial charge in [-0.15, -0.1) is 0 Å². The number of furan rings is 1. The monoisotopic (exact) mass is 515 g/mol. The maximum Gasteiger partial charge on any atom is 0.277 e. The zero-order chi connectivity index (χ0) is 25.8. The molecule has 0 saturated carbocycles. The molecular formula is C28H25N3O5S. The molecule has 8 nitrogen and oxygen atoms in total. The number of hydrogen-bond acceptors (Lipinski definition) is 6. The molecule has 37 heavy (non-hydrogen) atoms. The molecular weight excluding hydrogens is 490 g/mol. The average molecular weight is 516 g/mol. The predicted molar refractivity (Wildman–Crippen MR) is 137 cm³/mol. The lowest BCUT2D eigenvalue weighted by Gasteiger charge is -2.22. The topological polar surface area (TPSA) is 113 Å². The van der Waals surface area contributed by atoms with Crippen molar-refractivity contribution in [1.29, 1.82) is 5.26 Å². The van der Waals surface area contributed by atoms with Crippen LogP contribution < -0.4 is 10.1 Å². The van der Waals surface area contributed by atoms with Gasteiger partial charge >= 0.3 is 0 Å². The summed E-state index contributed by atoms with van der Waals surface area (Å²) in [5, 5.41) is 12.3. The highest BCUT2D eigenvalue weighted by atomic mass is 32.2. The van der Waals surface area contributed by atoms with Crippen LogP contribution in [0.5, 0.6) is 5.75 Å². The molecule has 1 atom stereocenters. The summed E-state index contributed by atoms with van der Waals surface area (Å²) in [5.74, 6) is 0.298. The van der Waals surface area contributed by atoms with Crippen LogP contribution in [0.25, 0.3) is 11.0 Å². The Morgan fingerprint density at radius 2 is 1.86 bits per heavy atom. The molecule has 1 aliphatic rings. The molecule has 1 aromatic heterocycles. The van der Waals surface area contributed by atoms with E-state index in [1.54, 1.807) is 30.3 Å². The first-order valence-electron chi connectivity index (χ1n) is 11.9. The fraction of sp³-hybridized carbons (Fsp3) is 0.214. The Kier molecular flexibility index (Phi) is 6.95. The lowest BCUT2D eigenvalue weighted by Crippen LogP contribution is -2.45. The van der Waals surface area contributed by atoms with Gasteiger partial charge in [-0.05, 0) is 54.3 Å². The Bertz CT molecular complexity index is 1540. The van der Waals surface area contributed by atoms with Crippen LogP contribution in [-0.4, -0.2) is 31.2 Å². The highest BCUT2D eigenvalue weighted by Crippen LogP contribution is 2.30. The van der Waals surface area contributed by atoms with Gasteiger partial charge in [0.2, 0.25) is 11.0 Å². The van der Waals surface area contributed by atoms with E-state index in [1.807, 2.05) is 42.5 Å². The van der Waals surface area contributed by atoms with E-state index in [4.69, 9.17) is 14.4 Å². The number of hydrogen-bond donors (Lipinski definition) is 1. The molecule has 0 spiro atoms. The molecule has 1 fully saturated rings. The van der Waals surface area contributed by atoms with Crippen molar-refractivity contribution >= 4 is 26.9 Å². The first-order valence-corrected chi connectivity index (χ1v) is 13.4. The van der Waals surface area contributed by atoms with Crippen molar-refractivity contribution in [3.05, 3.63) is 95.6 Å². The van der Waals surface area contributed by atoms with Gasteiger partial charge in [-0.1, -0.05) is 42.5 Å². The number of para-hydroxylation sites is 1. The van der Waals surface area contributed by atoms with E-state index in [0.717, 1.165) is 11.1 Å². The summed E-state index contributed by atoms with van der Waals surface area (Å²) in [7, 11) is -3.95. The summed E-state index contributed by atoms with van der Waals surface area (Å²) in [5.41, 5.74) is 2.84. The molecule has 1 amide bonds. The van der Waals surface area contributed by atoms with Crippen molar-refractivity contribution in [2.45, 2.75) is 37.1 Å². The molecule has 5 rings (SSSR count). The number of amides is 1. The number of ether oxygens (including phenoxy) is 1. The number of rotatable bonds is 8. The van der Waals surface area contributed by atoms with Gasteiger partial charge in [0.05, 0.1) is 11.6 Å². The Morgan fingerprint density at radius 1 is 1.05 bits per heavy atom. The zero-order valence-electron chi connectivity index (χ0n) is 20.0. The van der Waals surface area contributed by atoms with E-state index in [1.165, 1.54) is 10.4 Å². The van der Waals surface area contributed by atoms with Crippen LogP contribution in [0.15, 0.2) is 88.4 Å². The smallest absolute Gasteiger partial charge is 0.277 e. The van der Waals surface area contributed by atoms with Gasteiger partial charge in [0.15, 0.2) is 0 Å². The number of nitrogens with one attached hydrogen (secondary N) is 1. The molecule has 1 saturated heterocycles. The Hall–Kier alpha value is -4.13. The summed E-state index contributed by atoms with van der Waals surface area (Å²) < 4.78 is 39.2. The lowest BCUT2D eigenvalue weighted by molar-refractivity contribution is -0.124. The van der Waals surface area contributed by atoms with E-state index < -0.39 is 16.1 Å². The summed E-state index contributed by atoms with van der Waals surface area (Å²) in [6.45, 7) is 0.844. The van der Waals surface area contributed by atoms with E-state index >= 15 is 0 Å². The number of nitriles is 1. The zero-order valence-corrected chi connectivity index (χ0v) is 20.8. The molecule has 3 aromatic carbocycles. The van der Waals surface area contributed by atoms with Crippen molar-refractivity contribution < 1.29 is 22.4 Å². The Labute approximate surface area is 215 Å². The van der Waals surface area contributed by atoms with Crippen molar-refractivity contribution in [1.82, 2.24) is 9.62 Å². The molecule has 0 unspecified atom stereocenters. The van der Waals surface area contributed by atoms with Crippen molar-refractivity contribution in [3.63, 3.8) is 0 Å². The van der Waals surface area contributed by atoms with Crippen LogP contribution >= 0.6 is 0 Å². The normalized spacial score (nSPS) is 15.9. The fourth-order valence-electron chi connectivity index (χ4n) is 4.38. The van der Waals surface area contributed by atoms with Crippen LogP contribution in [0.1, 0.15) is 29.5 Å². The molecule has 1 N–H and O–H groups in total. The minimum absolute atomic E-state index is 0.152. The second kappa shape index (κ2) is 10.5. The minimum Gasteiger partial charge on any atom is -0.489 e. The van der Waals surface area contributed by atoms with Crippen LogP contribution in [-0.2, 0) is 28.0 Å². The lowest BCUT2D eigenvalue weighted by atomic mass is 10.1. The SMILES string of the molecule is N#Cc1ccc(COc2cccc(CNC(=O)[C@@H]3CCCN3S(=O)(=O)c3cc4ccccc4o3)c2)cc1. The molecule has 0 bridgehead atoms. The highest BCUT2D eigenvalue weighted by Gasteiger charge is 2.41. The molecule has 2 heterocycles. The molecule has 188 valence electrons. The summed E-state index contributed by atoms with van der Waals surface area (Å²) in [4.78, 5) is 13.0. The number of sulfonamides is 1. The highest BCUT2D eigenvalue weighted by molar-refractivity contribution is 7.89. The summed E-state index contributed by atoms with van der Waals surface area (Å²) in [6, 6.07) is 24.4. The maximum absolute atomic E-state index is 13.3. The second-order valence-corrected chi connectivity index (χ2v) is 10.7. The molecule has 9 heteroatoms. The molecule has 1 aliphatic heterocycles. The third-order valence-electron chi connectivity index (χ3n) is 6.33. The predicted octanol–water partition coefficient (Wildman–Crippen LogP) is 4.35. The Morgan fingerprint density at radius 3 is 2.65 bits per heavy atom. The van der Waals surface area contributed by atoms with Crippen LogP contribution in [0.2, 0.25) is 0 Å². The van der Waals surface area contributed by atoms with Crippen molar-refractivity contribution in [3.8, 4) is 11.8 Å². The quantitative estimate of drug-likeness (QED) is 0.373. The second-order valence-electron chi connectivity index (χ2n) is 8.84. The molecule has 0 aliphatic carbocycles. The molecule has 4 aromatic rings. The summed E-state index contributed by atoms with van der Waals surface area (Å²) >= 11 is 0. The van der Waals surface area contributed by atoms with E-state index in [0.29, 0.717) is 41.7 Å². The van der Waals surface area contributed by atoms with Crippen LogP contribution in [0.4, 0.5) is 0 Å². The maximum atomic E-state index is 13.3. The number of nitrogens with zero attached hydrogens (tertiary/aromatic N) is 2. The van der Waals surface area contributed by atoms with E-state index in [9.17, 15) is 13.2 Å². The van der Waals surface area contributed by atoms with Gasteiger partial charge in [0.25, 0.3) is 10.0 Å². The number of carbonyl (C=O) groups excluding carboxylic acids is 1. The number of benzene rings is 3. The largest absolute Gasteiger partial charge is 0.489 e. The molecule has 0 radical (unpaired) electrons. The third kappa shape index (κ3) is 5.35. The Balaban J connectivity index is 1.21. The van der Waals surface area contributed by atoms with Gasteiger partial charge in [0, 0.05) is 24.5 Å². The van der Waals surface area contributed by atoms with Crippen LogP contribution in [0, 0.1) is 11.3 Å². The van der Waals surface area contributed by atoms with E-state index in [-0.39, 0.29) is 24.1 Å². The standard InChI is InChI=1S/C28H25N3O5S/c29-17-20-10-12-21(13-11-20)19-35-24-7-3-5-22(15-24)18-30-28(32)25-8-4-14-31(25)37(33,34)27-16-23-6-1-2-9-26(23)36-27/h1-3,5-7,9-13,15-16,25H,4,8,14,18-19H2,(H,30,32)/t25-/m0/s1. The average Bonchev–Trinajstić information content (AvgIpc) is 3.60. The number of fused-ring (bicyclic) bond motifs is 1. The van der Waals surface area contributed by atoms with Crippen LogP contribution in [0.3, 0.4) is 0 Å². The minimum atomic E-state index is -3.95.